The molecule has 0 amide bonds. The van der Waals surface area contributed by atoms with Crippen LogP contribution in [-0.2, 0) is 0 Å². The van der Waals surface area contributed by atoms with E-state index in [1.54, 1.807) is 12.1 Å². The number of rotatable bonds is 3. The van der Waals surface area contributed by atoms with E-state index < -0.39 is 0 Å². The van der Waals surface area contributed by atoms with E-state index in [0.717, 1.165) is 11.4 Å². The molecule has 4 heteroatoms. The van der Waals surface area contributed by atoms with E-state index in [2.05, 4.69) is 10.9 Å². The topological polar surface area (TPSA) is 24.1 Å². The van der Waals surface area contributed by atoms with Crippen LogP contribution in [0.3, 0.4) is 0 Å². The molecule has 0 aromatic heterocycles. The van der Waals surface area contributed by atoms with Crippen LogP contribution in [0.25, 0.3) is 0 Å². The Morgan fingerprint density at radius 2 is 1.38 bits per heavy atom. The summed E-state index contributed by atoms with van der Waals surface area (Å²) in [6, 6.07) is 15.2. The summed E-state index contributed by atoms with van der Waals surface area (Å²) >= 11 is 11.7. The quantitative estimate of drug-likeness (QED) is 0.790. The number of anilines is 2. The average Bonchev–Trinajstić information content (AvgIpc) is 2.32. The van der Waals surface area contributed by atoms with Crippen LogP contribution in [0.15, 0.2) is 48.5 Å². The summed E-state index contributed by atoms with van der Waals surface area (Å²) in [5, 5.41) is 1.08. The molecule has 82 valence electrons. The van der Waals surface area contributed by atoms with Gasteiger partial charge in [-0.1, -0.05) is 41.4 Å². The van der Waals surface area contributed by atoms with Crippen LogP contribution in [0, 0.1) is 0 Å². The van der Waals surface area contributed by atoms with Crippen LogP contribution in [0.1, 0.15) is 0 Å². The Balaban J connectivity index is 2.03. The van der Waals surface area contributed by atoms with E-state index >= 15 is 0 Å². The predicted octanol–water partition coefficient (Wildman–Crippen LogP) is 4.43. The molecule has 0 saturated heterocycles. The maximum absolute atomic E-state index is 5.90. The number of para-hydroxylation sites is 1. The van der Waals surface area contributed by atoms with Crippen LogP contribution in [0.2, 0.25) is 10.0 Å². The van der Waals surface area contributed by atoms with Crippen molar-refractivity contribution < 1.29 is 0 Å². The molecule has 2 nitrogen and oxygen atoms in total. The van der Waals surface area contributed by atoms with Crippen molar-refractivity contribution in [3.05, 3.63) is 58.6 Å². The highest BCUT2D eigenvalue weighted by Gasteiger charge is 1.98. The molecule has 2 N–H and O–H groups in total. The van der Waals surface area contributed by atoms with Crippen LogP contribution in [0.5, 0.6) is 0 Å². The molecule has 0 unspecified atom stereocenters. The van der Waals surface area contributed by atoms with Gasteiger partial charge in [0.1, 0.15) is 0 Å². The Bertz CT molecular complexity index is 472. The Kier molecular flexibility index (Phi) is 3.54. The number of hydrogen-bond acceptors (Lipinski definition) is 2. The van der Waals surface area contributed by atoms with Gasteiger partial charge in [-0.2, -0.15) is 0 Å². The monoisotopic (exact) mass is 252 g/mol. The highest BCUT2D eigenvalue weighted by atomic mass is 35.5. The SMILES string of the molecule is Clc1ccc(NNc2ccccc2)cc1Cl. The lowest BCUT2D eigenvalue weighted by atomic mass is 10.3. The lowest BCUT2D eigenvalue weighted by molar-refractivity contribution is 1.41. The molecular formula is C12H10Cl2N2. The minimum atomic E-state index is 0.529. The summed E-state index contributed by atoms with van der Waals surface area (Å²) in [7, 11) is 0. The van der Waals surface area contributed by atoms with E-state index in [-0.39, 0.29) is 0 Å². The highest BCUT2D eigenvalue weighted by molar-refractivity contribution is 6.42. The Hall–Kier alpha value is -1.38. The second-order valence-electron chi connectivity index (χ2n) is 3.24. The fraction of sp³-hybridized carbons (Fsp3) is 0. The van der Waals surface area contributed by atoms with Crippen molar-refractivity contribution in [3.8, 4) is 0 Å². The van der Waals surface area contributed by atoms with Gasteiger partial charge < -0.3 is 10.9 Å². The highest BCUT2D eigenvalue weighted by Crippen LogP contribution is 2.24. The zero-order valence-electron chi connectivity index (χ0n) is 8.37. The van der Waals surface area contributed by atoms with Gasteiger partial charge in [-0.15, -0.1) is 0 Å². The van der Waals surface area contributed by atoms with Gasteiger partial charge in [-0.25, -0.2) is 0 Å². The van der Waals surface area contributed by atoms with Crippen molar-refractivity contribution in [1.82, 2.24) is 0 Å². The van der Waals surface area contributed by atoms with E-state index in [4.69, 9.17) is 23.2 Å². The smallest absolute Gasteiger partial charge is 0.0613 e. The van der Waals surface area contributed by atoms with Crippen molar-refractivity contribution >= 4 is 34.6 Å². The van der Waals surface area contributed by atoms with Gasteiger partial charge in [0, 0.05) is 0 Å². The van der Waals surface area contributed by atoms with Gasteiger partial charge in [0.15, 0.2) is 0 Å². The second kappa shape index (κ2) is 5.10. The summed E-state index contributed by atoms with van der Waals surface area (Å²) in [4.78, 5) is 0. The third-order valence-corrected chi connectivity index (χ3v) is 2.78. The van der Waals surface area contributed by atoms with E-state index in [0.29, 0.717) is 10.0 Å². The zero-order chi connectivity index (χ0) is 11.4. The van der Waals surface area contributed by atoms with Gasteiger partial charge in [0.2, 0.25) is 0 Å². The van der Waals surface area contributed by atoms with Gasteiger partial charge in [-0.05, 0) is 30.3 Å². The van der Waals surface area contributed by atoms with Gasteiger partial charge in [-0.3, -0.25) is 0 Å². The summed E-state index contributed by atoms with van der Waals surface area (Å²) in [6.45, 7) is 0. The molecule has 0 aliphatic rings. The Morgan fingerprint density at radius 3 is 2.06 bits per heavy atom. The fourth-order valence-electron chi connectivity index (χ4n) is 1.24. The molecule has 0 spiro atoms. The van der Waals surface area contributed by atoms with Crippen LogP contribution >= 0.6 is 23.2 Å². The summed E-state index contributed by atoms with van der Waals surface area (Å²) in [6.07, 6.45) is 0. The standard InChI is InChI=1S/C12H10Cl2N2/c13-11-7-6-10(8-12(11)14)16-15-9-4-2-1-3-5-9/h1-8,15-16H. The molecule has 0 fully saturated rings. The molecule has 0 saturated carbocycles. The third-order valence-electron chi connectivity index (χ3n) is 2.04. The first-order valence-corrected chi connectivity index (χ1v) is 5.53. The first-order valence-electron chi connectivity index (χ1n) is 4.78. The summed E-state index contributed by atoms with van der Waals surface area (Å²) in [5.74, 6) is 0. The molecule has 0 aliphatic heterocycles. The van der Waals surface area contributed by atoms with Crippen LogP contribution in [0.4, 0.5) is 11.4 Å². The minimum Gasteiger partial charge on any atom is -0.301 e. The Morgan fingerprint density at radius 1 is 0.688 bits per heavy atom. The molecule has 2 aromatic rings. The van der Waals surface area contributed by atoms with Gasteiger partial charge in [0.05, 0.1) is 21.4 Å². The largest absolute Gasteiger partial charge is 0.301 e. The molecule has 0 bridgehead atoms. The summed E-state index contributed by atoms with van der Waals surface area (Å²) < 4.78 is 0. The molecule has 2 rings (SSSR count). The van der Waals surface area contributed by atoms with Crippen molar-refractivity contribution in [2.24, 2.45) is 0 Å². The summed E-state index contributed by atoms with van der Waals surface area (Å²) in [5.41, 5.74) is 7.93. The predicted molar refractivity (Wildman–Crippen MR) is 70.1 cm³/mol. The molecule has 0 atom stereocenters. The Labute approximate surface area is 104 Å². The van der Waals surface area contributed by atoms with E-state index in [9.17, 15) is 0 Å². The van der Waals surface area contributed by atoms with Crippen LogP contribution in [-0.4, -0.2) is 0 Å². The molecule has 2 aromatic carbocycles. The van der Waals surface area contributed by atoms with E-state index in [1.807, 2.05) is 36.4 Å². The number of hydrazine groups is 1. The molecule has 0 radical (unpaired) electrons. The average molecular weight is 253 g/mol. The first kappa shape index (κ1) is 11.1. The molecule has 16 heavy (non-hydrogen) atoms. The van der Waals surface area contributed by atoms with Crippen LogP contribution < -0.4 is 10.9 Å². The number of benzene rings is 2. The van der Waals surface area contributed by atoms with Gasteiger partial charge >= 0.3 is 0 Å². The molecule has 0 aliphatic carbocycles. The maximum Gasteiger partial charge on any atom is 0.0613 e. The van der Waals surface area contributed by atoms with Crippen molar-refractivity contribution in [1.29, 1.82) is 0 Å². The molecule has 0 heterocycles. The van der Waals surface area contributed by atoms with E-state index in [1.165, 1.54) is 0 Å². The molecular weight excluding hydrogens is 243 g/mol. The number of nitrogens with one attached hydrogen (secondary N) is 2. The lowest BCUT2D eigenvalue weighted by Gasteiger charge is -2.10. The minimum absolute atomic E-state index is 0.529. The van der Waals surface area contributed by atoms with Crippen molar-refractivity contribution in [2.75, 3.05) is 10.9 Å². The number of hydrogen-bond donors (Lipinski definition) is 2. The third kappa shape index (κ3) is 2.81. The zero-order valence-corrected chi connectivity index (χ0v) is 9.89. The number of halogens is 2. The van der Waals surface area contributed by atoms with Gasteiger partial charge in [0.25, 0.3) is 0 Å². The maximum atomic E-state index is 5.90. The normalized spacial score (nSPS) is 9.88. The van der Waals surface area contributed by atoms with Crippen molar-refractivity contribution in [2.45, 2.75) is 0 Å². The fourth-order valence-corrected chi connectivity index (χ4v) is 1.54. The first-order chi connectivity index (χ1) is 7.75. The lowest BCUT2D eigenvalue weighted by Crippen LogP contribution is -2.08. The second-order valence-corrected chi connectivity index (χ2v) is 4.06. The van der Waals surface area contributed by atoms with Crippen molar-refractivity contribution in [3.63, 3.8) is 0 Å².